The smallest absolute Gasteiger partial charge is 0.407 e. The fourth-order valence-corrected chi connectivity index (χ4v) is 5.47. The summed E-state index contributed by atoms with van der Waals surface area (Å²) in [6.45, 7) is 2.00. The summed E-state index contributed by atoms with van der Waals surface area (Å²) in [5, 5.41) is 14.8. The number of carboxylic acids is 1. The lowest BCUT2D eigenvalue weighted by Crippen LogP contribution is -2.46. The van der Waals surface area contributed by atoms with Crippen molar-refractivity contribution in [3.05, 3.63) is 70.9 Å². The summed E-state index contributed by atoms with van der Waals surface area (Å²) in [5.41, 5.74) is 4.75. The lowest BCUT2D eigenvalue weighted by Gasteiger charge is -2.20. The van der Waals surface area contributed by atoms with Crippen molar-refractivity contribution in [2.45, 2.75) is 31.4 Å². The molecule has 2 amide bonds. The quantitative estimate of drug-likeness (QED) is 0.477. The zero-order valence-electron chi connectivity index (χ0n) is 18.8. The molecule has 2 aromatic carbocycles. The van der Waals surface area contributed by atoms with Gasteiger partial charge >= 0.3 is 12.1 Å². The number of benzene rings is 2. The van der Waals surface area contributed by atoms with Crippen molar-refractivity contribution < 1.29 is 29.0 Å². The third kappa shape index (κ3) is 4.38. The molecule has 0 spiro atoms. The van der Waals surface area contributed by atoms with E-state index < -0.39 is 30.1 Å². The summed E-state index contributed by atoms with van der Waals surface area (Å²) >= 11 is 0.887. The largest absolute Gasteiger partial charge is 0.478 e. The van der Waals surface area contributed by atoms with Crippen LogP contribution in [0.5, 0.6) is 0 Å². The minimum absolute atomic E-state index is 0.0533. The first-order valence-electron chi connectivity index (χ1n) is 11.2. The summed E-state index contributed by atoms with van der Waals surface area (Å²) in [6.07, 6.45) is -1.19. The van der Waals surface area contributed by atoms with Crippen LogP contribution in [0.3, 0.4) is 0 Å². The Kier molecular flexibility index (Phi) is 6.23. The van der Waals surface area contributed by atoms with Gasteiger partial charge in [0, 0.05) is 12.5 Å². The molecule has 5 rings (SSSR count). The van der Waals surface area contributed by atoms with Gasteiger partial charge in [-0.2, -0.15) is 4.37 Å². The Morgan fingerprint density at radius 3 is 2.43 bits per heavy atom. The number of anilines is 1. The number of carboxylic acid groups (broad SMARTS) is 1. The molecule has 0 saturated carbocycles. The molecule has 35 heavy (non-hydrogen) atoms. The van der Waals surface area contributed by atoms with Gasteiger partial charge in [0.05, 0.1) is 11.7 Å². The Labute approximate surface area is 205 Å². The van der Waals surface area contributed by atoms with E-state index in [9.17, 15) is 19.5 Å². The van der Waals surface area contributed by atoms with Gasteiger partial charge in [0.1, 0.15) is 17.2 Å². The summed E-state index contributed by atoms with van der Waals surface area (Å²) in [6, 6.07) is 15.5. The fourth-order valence-electron chi connectivity index (χ4n) is 4.68. The lowest BCUT2D eigenvalue weighted by atomic mass is 9.98. The summed E-state index contributed by atoms with van der Waals surface area (Å²) < 4.78 is 15.1. The highest BCUT2D eigenvalue weighted by molar-refractivity contribution is 7.11. The molecule has 2 atom stereocenters. The topological polar surface area (TPSA) is 127 Å². The van der Waals surface area contributed by atoms with Gasteiger partial charge in [-0.05, 0) is 47.1 Å². The van der Waals surface area contributed by atoms with Crippen molar-refractivity contribution in [2.24, 2.45) is 0 Å². The molecular formula is C25H23N3O6S. The van der Waals surface area contributed by atoms with Gasteiger partial charge in [-0.3, -0.25) is 4.79 Å². The molecule has 2 unspecified atom stereocenters. The van der Waals surface area contributed by atoms with Crippen molar-refractivity contribution in [1.29, 1.82) is 0 Å². The number of ether oxygens (including phenoxy) is 2. The Morgan fingerprint density at radius 1 is 1.11 bits per heavy atom. The SMILES string of the molecule is Cc1nsc(NC(=O)C2OCCC2NC(=O)OCC2c3ccccc3-c3ccccc32)c1C(=O)O. The van der Waals surface area contributed by atoms with E-state index in [0.29, 0.717) is 12.1 Å². The zero-order valence-corrected chi connectivity index (χ0v) is 19.6. The van der Waals surface area contributed by atoms with Crippen molar-refractivity contribution in [2.75, 3.05) is 18.5 Å². The first-order chi connectivity index (χ1) is 16.9. The minimum Gasteiger partial charge on any atom is -0.478 e. The number of alkyl carbamates (subject to hydrolysis) is 1. The van der Waals surface area contributed by atoms with Crippen LogP contribution in [0.25, 0.3) is 11.1 Å². The number of fused-ring (bicyclic) bond motifs is 3. The van der Waals surface area contributed by atoms with Crippen molar-refractivity contribution >= 4 is 34.5 Å². The molecule has 0 bridgehead atoms. The van der Waals surface area contributed by atoms with E-state index in [1.54, 1.807) is 6.92 Å². The molecule has 1 fully saturated rings. The van der Waals surface area contributed by atoms with E-state index in [4.69, 9.17) is 9.47 Å². The molecule has 2 aliphatic rings. The molecule has 2 heterocycles. The van der Waals surface area contributed by atoms with Crippen LogP contribution in [0, 0.1) is 6.92 Å². The number of hydrogen-bond donors (Lipinski definition) is 3. The maximum atomic E-state index is 12.8. The van der Waals surface area contributed by atoms with Crippen molar-refractivity contribution in [3.63, 3.8) is 0 Å². The van der Waals surface area contributed by atoms with Crippen molar-refractivity contribution in [3.8, 4) is 11.1 Å². The predicted molar refractivity (Wildman–Crippen MR) is 129 cm³/mol. The van der Waals surface area contributed by atoms with Crippen LogP contribution in [0.1, 0.15) is 39.5 Å². The van der Waals surface area contributed by atoms with Gasteiger partial charge in [0.2, 0.25) is 0 Å². The van der Waals surface area contributed by atoms with Crippen LogP contribution in [-0.4, -0.2) is 52.8 Å². The van der Waals surface area contributed by atoms with Crippen LogP contribution >= 0.6 is 11.5 Å². The van der Waals surface area contributed by atoms with Crippen LogP contribution < -0.4 is 10.6 Å². The number of nitrogens with one attached hydrogen (secondary N) is 2. The number of rotatable bonds is 6. The van der Waals surface area contributed by atoms with E-state index in [-0.39, 0.29) is 29.7 Å². The average Bonchev–Trinajstić information content (AvgIpc) is 3.53. The molecule has 1 aromatic heterocycles. The van der Waals surface area contributed by atoms with Gasteiger partial charge in [-0.15, -0.1) is 0 Å². The lowest BCUT2D eigenvalue weighted by molar-refractivity contribution is -0.125. The van der Waals surface area contributed by atoms with Crippen molar-refractivity contribution in [1.82, 2.24) is 9.69 Å². The maximum Gasteiger partial charge on any atom is 0.407 e. The van der Waals surface area contributed by atoms with Crippen LogP contribution in [0.2, 0.25) is 0 Å². The predicted octanol–water partition coefficient (Wildman–Crippen LogP) is 3.78. The first kappa shape index (κ1) is 23.0. The van der Waals surface area contributed by atoms with E-state index in [1.807, 2.05) is 36.4 Å². The third-order valence-electron chi connectivity index (χ3n) is 6.31. The Morgan fingerprint density at radius 2 is 1.77 bits per heavy atom. The monoisotopic (exact) mass is 493 g/mol. The number of aromatic carboxylic acids is 1. The van der Waals surface area contributed by atoms with E-state index in [1.165, 1.54) is 0 Å². The second-order valence-corrected chi connectivity index (χ2v) is 9.20. The highest BCUT2D eigenvalue weighted by atomic mass is 32.1. The van der Waals surface area contributed by atoms with E-state index >= 15 is 0 Å². The third-order valence-corrected chi connectivity index (χ3v) is 7.16. The average molecular weight is 494 g/mol. The standard InChI is InChI=1S/C25H23N3O6S/c1-13-20(24(30)31)23(35-28-13)27-22(29)21-19(10-11-33-21)26-25(32)34-12-18-16-8-4-2-6-14(16)15-7-3-5-9-17(15)18/h2-9,18-19,21H,10-12H2,1H3,(H,26,32)(H,27,29)(H,30,31). The number of hydrogen-bond acceptors (Lipinski definition) is 7. The van der Waals surface area contributed by atoms with Crippen LogP contribution in [0.4, 0.5) is 9.80 Å². The van der Waals surface area contributed by atoms with Crippen LogP contribution in [0.15, 0.2) is 48.5 Å². The second-order valence-electron chi connectivity index (χ2n) is 8.42. The van der Waals surface area contributed by atoms with Gasteiger partial charge in [-0.25, -0.2) is 9.59 Å². The second kappa shape index (κ2) is 9.47. The van der Waals surface area contributed by atoms with Gasteiger partial charge in [0.15, 0.2) is 6.10 Å². The molecule has 1 aliphatic heterocycles. The number of amides is 2. The normalized spacial score (nSPS) is 18.5. The molecule has 9 nitrogen and oxygen atoms in total. The van der Waals surface area contributed by atoms with Crippen LogP contribution in [-0.2, 0) is 14.3 Å². The number of carbonyl (C=O) groups excluding carboxylic acids is 2. The Balaban J connectivity index is 1.22. The molecule has 10 heteroatoms. The summed E-state index contributed by atoms with van der Waals surface area (Å²) in [4.78, 5) is 36.9. The highest BCUT2D eigenvalue weighted by Crippen LogP contribution is 2.44. The molecule has 1 saturated heterocycles. The van der Waals surface area contributed by atoms with E-state index in [0.717, 1.165) is 33.8 Å². The first-order valence-corrected chi connectivity index (χ1v) is 11.9. The fraction of sp³-hybridized carbons (Fsp3) is 0.280. The molecule has 180 valence electrons. The number of nitrogens with zero attached hydrogens (tertiary/aromatic N) is 1. The maximum absolute atomic E-state index is 12.8. The zero-order chi connectivity index (χ0) is 24.5. The molecule has 3 aromatic rings. The number of aromatic nitrogens is 1. The Bertz CT molecular complexity index is 1260. The molecule has 1 aliphatic carbocycles. The minimum atomic E-state index is -1.17. The van der Waals surface area contributed by atoms with Gasteiger partial charge in [0.25, 0.3) is 5.91 Å². The van der Waals surface area contributed by atoms with Gasteiger partial charge < -0.3 is 25.2 Å². The number of carbonyl (C=O) groups is 3. The summed E-state index contributed by atoms with van der Waals surface area (Å²) in [7, 11) is 0. The van der Waals surface area contributed by atoms with E-state index in [2.05, 4.69) is 27.1 Å². The Hall–Kier alpha value is -3.76. The summed E-state index contributed by atoms with van der Waals surface area (Å²) in [5.74, 6) is -1.79. The molecular weight excluding hydrogens is 470 g/mol. The van der Waals surface area contributed by atoms with Gasteiger partial charge in [-0.1, -0.05) is 48.5 Å². The molecule has 0 radical (unpaired) electrons. The highest BCUT2D eigenvalue weighted by Gasteiger charge is 2.37. The molecule has 3 N–H and O–H groups in total. The number of aryl methyl sites for hydroxylation is 1.